The normalized spacial score (nSPS) is 22.3. The first-order valence-corrected chi connectivity index (χ1v) is 10.2. The van der Waals surface area contributed by atoms with E-state index in [0.717, 1.165) is 29.3 Å². The molecule has 3 heterocycles. The number of nitrogens with one attached hydrogen (secondary N) is 2. The van der Waals surface area contributed by atoms with E-state index in [2.05, 4.69) is 55.4 Å². The number of carbonyl (C=O) groups excluding carboxylic acids is 1. The van der Waals surface area contributed by atoms with Crippen LogP contribution in [0.15, 0.2) is 47.6 Å². The molecular formula is C23H29N5O. The Kier molecular flexibility index (Phi) is 4.81. The third kappa shape index (κ3) is 4.11. The predicted molar refractivity (Wildman–Crippen MR) is 117 cm³/mol. The van der Waals surface area contributed by atoms with Gasteiger partial charge in [0.05, 0.1) is 24.2 Å². The highest BCUT2D eigenvalue weighted by atomic mass is 16.2. The molecule has 1 saturated heterocycles. The molecule has 2 N–H and O–H groups in total. The number of fused-ring (bicyclic) bond motifs is 1. The molecule has 2 aromatic rings. The lowest BCUT2D eigenvalue weighted by molar-refractivity contribution is -0.129. The molecule has 1 aromatic heterocycles. The zero-order valence-corrected chi connectivity index (χ0v) is 17.6. The van der Waals surface area contributed by atoms with E-state index >= 15 is 0 Å². The minimum atomic E-state index is -0.411. The van der Waals surface area contributed by atoms with Crippen molar-refractivity contribution < 1.29 is 4.79 Å². The number of aromatic nitrogens is 1. The summed E-state index contributed by atoms with van der Waals surface area (Å²) in [6, 6.07) is 12.1. The van der Waals surface area contributed by atoms with Gasteiger partial charge in [-0.15, -0.1) is 0 Å². The number of aliphatic imine (C=N–C) groups is 1. The Bertz CT molecular complexity index is 962. The number of pyridine rings is 1. The summed E-state index contributed by atoms with van der Waals surface area (Å²) in [5.41, 5.74) is 2.54. The van der Waals surface area contributed by atoms with Crippen molar-refractivity contribution in [1.29, 1.82) is 0 Å². The molecule has 0 bridgehead atoms. The minimum absolute atomic E-state index is 0.154. The van der Waals surface area contributed by atoms with E-state index in [0.29, 0.717) is 19.5 Å². The maximum Gasteiger partial charge on any atom is 0.227 e. The summed E-state index contributed by atoms with van der Waals surface area (Å²) in [5.74, 6) is 1.80. The van der Waals surface area contributed by atoms with Gasteiger partial charge >= 0.3 is 0 Å². The topological polar surface area (TPSA) is 69.6 Å². The van der Waals surface area contributed by atoms with Crippen LogP contribution in [0.4, 0.5) is 11.5 Å². The zero-order valence-electron chi connectivity index (χ0n) is 17.6. The lowest BCUT2D eigenvalue weighted by atomic mass is 9.93. The molecule has 0 saturated carbocycles. The fraction of sp³-hybridized carbons (Fsp3) is 0.435. The first kappa shape index (κ1) is 19.4. The van der Waals surface area contributed by atoms with Crippen LogP contribution in [0.1, 0.15) is 38.3 Å². The number of aryl methyl sites for hydroxylation is 1. The van der Waals surface area contributed by atoms with Crippen LogP contribution in [0.5, 0.6) is 0 Å². The Balaban J connectivity index is 1.59. The molecule has 1 spiro atoms. The number of anilines is 2. The van der Waals surface area contributed by atoms with Gasteiger partial charge in [0.25, 0.3) is 0 Å². The van der Waals surface area contributed by atoms with Crippen molar-refractivity contribution in [3.63, 3.8) is 0 Å². The van der Waals surface area contributed by atoms with E-state index in [1.54, 1.807) is 6.20 Å². The molecule has 4 rings (SSSR count). The molecule has 0 radical (unpaired) electrons. The summed E-state index contributed by atoms with van der Waals surface area (Å²) in [5, 5.41) is 7.09. The van der Waals surface area contributed by atoms with Crippen LogP contribution in [0, 0.1) is 6.92 Å². The lowest BCUT2D eigenvalue weighted by Gasteiger charge is -2.39. The van der Waals surface area contributed by atoms with Crippen LogP contribution in [-0.4, -0.2) is 45.8 Å². The maximum absolute atomic E-state index is 13.0. The molecule has 0 aliphatic carbocycles. The largest absolute Gasteiger partial charge is 0.368 e. The van der Waals surface area contributed by atoms with Crippen molar-refractivity contribution in [3.05, 3.63) is 53.7 Å². The first-order chi connectivity index (χ1) is 13.7. The van der Waals surface area contributed by atoms with Gasteiger partial charge in [-0.2, -0.15) is 0 Å². The number of hydrogen-bond donors (Lipinski definition) is 2. The highest BCUT2D eigenvalue weighted by Crippen LogP contribution is 2.36. The smallest absolute Gasteiger partial charge is 0.227 e. The Morgan fingerprint density at radius 1 is 1.28 bits per heavy atom. The number of amides is 1. The number of nitrogens with zero attached hydrogens (tertiary/aromatic N) is 3. The van der Waals surface area contributed by atoms with Gasteiger partial charge in [-0.25, -0.2) is 4.98 Å². The standard InChI is InChI=1S/C23H29N5O/c1-16-7-5-8-17(13-16)14-19(29)28-12-10-23(15-28)21(27-22(2,3)4)25-20-18(26-23)9-6-11-24-20/h5-9,11,13,26H,10,12,14-15H2,1-4H3,(H,24,25,27). The summed E-state index contributed by atoms with van der Waals surface area (Å²) < 4.78 is 0. The van der Waals surface area contributed by atoms with Crippen molar-refractivity contribution in [3.8, 4) is 0 Å². The van der Waals surface area contributed by atoms with Gasteiger partial charge in [0.1, 0.15) is 11.4 Å². The Hall–Kier alpha value is -2.89. The van der Waals surface area contributed by atoms with Crippen LogP contribution >= 0.6 is 0 Å². The molecule has 2 aliphatic rings. The van der Waals surface area contributed by atoms with Crippen molar-refractivity contribution in [1.82, 2.24) is 9.88 Å². The highest BCUT2D eigenvalue weighted by Gasteiger charge is 2.47. The van der Waals surface area contributed by atoms with Gasteiger partial charge in [0.2, 0.25) is 5.91 Å². The predicted octanol–water partition coefficient (Wildman–Crippen LogP) is 3.64. The number of hydrogen-bond acceptors (Lipinski definition) is 4. The van der Waals surface area contributed by atoms with E-state index in [4.69, 9.17) is 4.99 Å². The fourth-order valence-electron chi connectivity index (χ4n) is 4.05. The van der Waals surface area contributed by atoms with Crippen LogP contribution in [-0.2, 0) is 11.2 Å². The van der Waals surface area contributed by atoms with Crippen LogP contribution in [0.3, 0.4) is 0 Å². The van der Waals surface area contributed by atoms with Gasteiger partial charge in [-0.3, -0.25) is 9.79 Å². The second kappa shape index (κ2) is 7.17. The van der Waals surface area contributed by atoms with Gasteiger partial charge in [0, 0.05) is 12.7 Å². The molecule has 6 heteroatoms. The average molecular weight is 392 g/mol. The van der Waals surface area contributed by atoms with Gasteiger partial charge in [-0.1, -0.05) is 29.8 Å². The minimum Gasteiger partial charge on any atom is -0.368 e. The molecular weight excluding hydrogens is 362 g/mol. The molecule has 6 nitrogen and oxygen atoms in total. The molecule has 152 valence electrons. The SMILES string of the molecule is Cc1cccc(CC(=O)N2CCC3(C2)Nc2cccnc2NC3=NC(C)(C)C)c1. The second-order valence-corrected chi connectivity index (χ2v) is 9.09. The molecule has 1 fully saturated rings. The number of amidine groups is 1. The maximum atomic E-state index is 13.0. The summed E-state index contributed by atoms with van der Waals surface area (Å²) in [4.78, 5) is 24.4. The van der Waals surface area contributed by atoms with Gasteiger partial charge in [-0.05, 0) is 51.8 Å². The third-order valence-corrected chi connectivity index (χ3v) is 5.38. The summed E-state index contributed by atoms with van der Waals surface area (Å²) in [7, 11) is 0. The van der Waals surface area contributed by atoms with Crippen molar-refractivity contribution in [2.24, 2.45) is 4.99 Å². The number of carbonyl (C=O) groups is 1. The summed E-state index contributed by atoms with van der Waals surface area (Å²) >= 11 is 0. The van der Waals surface area contributed by atoms with E-state index in [1.165, 1.54) is 5.56 Å². The first-order valence-electron chi connectivity index (χ1n) is 10.2. The fourth-order valence-corrected chi connectivity index (χ4v) is 4.05. The number of benzene rings is 1. The van der Waals surface area contributed by atoms with E-state index < -0.39 is 5.54 Å². The van der Waals surface area contributed by atoms with E-state index in [-0.39, 0.29) is 11.4 Å². The van der Waals surface area contributed by atoms with Crippen LogP contribution in [0.2, 0.25) is 0 Å². The summed E-state index contributed by atoms with van der Waals surface area (Å²) in [6.07, 6.45) is 3.00. The quantitative estimate of drug-likeness (QED) is 0.820. The van der Waals surface area contributed by atoms with Crippen molar-refractivity contribution >= 4 is 23.2 Å². The van der Waals surface area contributed by atoms with Gasteiger partial charge < -0.3 is 15.5 Å². The molecule has 1 aromatic carbocycles. The lowest BCUT2D eigenvalue weighted by Crippen LogP contribution is -2.55. The Morgan fingerprint density at radius 3 is 2.86 bits per heavy atom. The summed E-state index contributed by atoms with van der Waals surface area (Å²) in [6.45, 7) is 9.60. The monoisotopic (exact) mass is 391 g/mol. The van der Waals surface area contributed by atoms with Crippen LogP contribution in [0.25, 0.3) is 0 Å². The second-order valence-electron chi connectivity index (χ2n) is 9.09. The molecule has 1 atom stereocenters. The highest BCUT2D eigenvalue weighted by molar-refractivity contribution is 6.09. The van der Waals surface area contributed by atoms with Crippen LogP contribution < -0.4 is 10.6 Å². The average Bonchev–Trinajstić information content (AvgIpc) is 3.06. The van der Waals surface area contributed by atoms with Gasteiger partial charge in [0.15, 0.2) is 5.82 Å². The molecule has 1 unspecified atom stereocenters. The van der Waals surface area contributed by atoms with Crippen molar-refractivity contribution in [2.75, 3.05) is 23.7 Å². The zero-order chi connectivity index (χ0) is 20.6. The Labute approximate surface area is 172 Å². The molecule has 1 amide bonds. The number of likely N-dealkylation sites (tertiary alicyclic amines) is 1. The molecule has 2 aliphatic heterocycles. The number of rotatable bonds is 2. The third-order valence-electron chi connectivity index (χ3n) is 5.38. The Morgan fingerprint density at radius 2 is 2.10 bits per heavy atom. The molecule has 29 heavy (non-hydrogen) atoms. The van der Waals surface area contributed by atoms with E-state index in [1.807, 2.05) is 29.2 Å². The van der Waals surface area contributed by atoms with Crippen molar-refractivity contribution in [2.45, 2.75) is 51.6 Å². The van der Waals surface area contributed by atoms with E-state index in [9.17, 15) is 4.79 Å².